The summed E-state index contributed by atoms with van der Waals surface area (Å²) < 4.78 is 17.3. The fourth-order valence-corrected chi connectivity index (χ4v) is 6.94. The molecule has 8 nitrogen and oxygen atoms in total. The van der Waals surface area contributed by atoms with Gasteiger partial charge in [-0.15, -0.1) is 0 Å². The first-order valence-electron chi connectivity index (χ1n) is 17.7. The largest absolute Gasteiger partial charge is 0.455 e. The van der Waals surface area contributed by atoms with Gasteiger partial charge in [0.05, 0.1) is 48.8 Å². The Morgan fingerprint density at radius 3 is 1.86 bits per heavy atom. The summed E-state index contributed by atoms with van der Waals surface area (Å²) in [6, 6.07) is 0. The lowest BCUT2D eigenvalue weighted by molar-refractivity contribution is -0.139. The lowest BCUT2D eigenvalue weighted by atomic mass is 9.98. The number of hydrogen-bond acceptors (Lipinski definition) is 8. The van der Waals surface area contributed by atoms with Crippen molar-refractivity contribution in [2.75, 3.05) is 0 Å². The Bertz CT molecular complexity index is 803. The van der Waals surface area contributed by atoms with Crippen LogP contribution in [0.25, 0.3) is 0 Å². The van der Waals surface area contributed by atoms with Gasteiger partial charge in [-0.3, -0.25) is 0 Å². The standard InChI is InChI=1S/C35H62O8/c1-3-4-5-6-7-8-9-13-16-29(37)33-21-22-34(43-33)31(39)19-18-30(38)32-20-17-28(42-32)15-12-10-11-14-27(36)24-26-23-25(2)41-35(26)40/h23,25,27-34,36-39H,3-22,24H2,1-2H3/t25-,27+,28?,29?,30?,31?,32?,33?,34?/m0/s1. The van der Waals surface area contributed by atoms with Gasteiger partial charge in [-0.25, -0.2) is 4.79 Å². The zero-order chi connectivity index (χ0) is 31.0. The molecule has 3 rings (SSSR count). The molecule has 0 amide bonds. The summed E-state index contributed by atoms with van der Waals surface area (Å²) in [7, 11) is 0. The van der Waals surface area contributed by atoms with Crippen LogP contribution >= 0.6 is 0 Å². The summed E-state index contributed by atoms with van der Waals surface area (Å²) in [5, 5.41) is 42.3. The van der Waals surface area contributed by atoms with Crippen LogP contribution in [-0.2, 0) is 19.0 Å². The van der Waals surface area contributed by atoms with E-state index in [4.69, 9.17) is 14.2 Å². The summed E-state index contributed by atoms with van der Waals surface area (Å²) in [4.78, 5) is 11.7. The summed E-state index contributed by atoms with van der Waals surface area (Å²) >= 11 is 0. The number of cyclic esters (lactones) is 1. The first kappa shape index (κ1) is 36.4. The molecule has 0 aromatic heterocycles. The van der Waals surface area contributed by atoms with E-state index in [0.717, 1.165) is 70.6 Å². The van der Waals surface area contributed by atoms with Crippen molar-refractivity contribution in [1.82, 2.24) is 0 Å². The van der Waals surface area contributed by atoms with Gasteiger partial charge in [-0.2, -0.15) is 0 Å². The van der Waals surface area contributed by atoms with Crippen LogP contribution < -0.4 is 0 Å². The molecule has 0 aromatic carbocycles. The third-order valence-electron chi connectivity index (χ3n) is 9.63. The molecule has 3 aliphatic rings. The van der Waals surface area contributed by atoms with Crippen LogP contribution in [-0.4, -0.2) is 81.3 Å². The first-order valence-corrected chi connectivity index (χ1v) is 17.7. The van der Waals surface area contributed by atoms with Gasteiger partial charge in [0.2, 0.25) is 0 Å². The molecule has 2 fully saturated rings. The quantitative estimate of drug-likeness (QED) is 0.0814. The molecule has 0 aliphatic carbocycles. The van der Waals surface area contributed by atoms with Crippen LogP contribution in [0.4, 0.5) is 0 Å². The second-order valence-electron chi connectivity index (χ2n) is 13.5. The minimum Gasteiger partial charge on any atom is -0.455 e. The monoisotopic (exact) mass is 610 g/mol. The third-order valence-corrected chi connectivity index (χ3v) is 9.63. The number of aliphatic hydroxyl groups is 4. The van der Waals surface area contributed by atoms with E-state index < -0.39 is 24.4 Å². The second kappa shape index (κ2) is 20.2. The van der Waals surface area contributed by atoms with Crippen LogP contribution in [0.2, 0.25) is 0 Å². The van der Waals surface area contributed by atoms with E-state index >= 15 is 0 Å². The third kappa shape index (κ3) is 13.5. The maximum absolute atomic E-state index is 11.7. The maximum Gasteiger partial charge on any atom is 0.334 e. The van der Waals surface area contributed by atoms with Gasteiger partial charge >= 0.3 is 5.97 Å². The van der Waals surface area contributed by atoms with Gasteiger partial charge in [-0.1, -0.05) is 77.6 Å². The topological polar surface area (TPSA) is 126 Å². The van der Waals surface area contributed by atoms with Crippen molar-refractivity contribution in [3.8, 4) is 0 Å². The molecule has 0 radical (unpaired) electrons. The number of rotatable bonds is 23. The summed E-state index contributed by atoms with van der Waals surface area (Å²) in [6.45, 7) is 4.06. The van der Waals surface area contributed by atoms with Gasteiger partial charge in [0.1, 0.15) is 6.10 Å². The summed E-state index contributed by atoms with van der Waals surface area (Å²) in [5.41, 5.74) is 0.583. The molecule has 7 unspecified atom stereocenters. The van der Waals surface area contributed by atoms with Gasteiger partial charge in [-0.05, 0) is 70.8 Å². The Morgan fingerprint density at radius 2 is 1.23 bits per heavy atom. The predicted molar refractivity (Wildman–Crippen MR) is 168 cm³/mol. The average Bonchev–Trinajstić information content (AvgIpc) is 3.73. The van der Waals surface area contributed by atoms with Crippen molar-refractivity contribution in [3.05, 3.63) is 11.6 Å². The molecule has 2 saturated heterocycles. The number of carbonyl (C=O) groups excluding carboxylic acids is 1. The maximum atomic E-state index is 11.7. The number of unbranched alkanes of at least 4 members (excludes halogenated alkanes) is 9. The zero-order valence-corrected chi connectivity index (χ0v) is 27.0. The first-order chi connectivity index (χ1) is 20.8. The Morgan fingerprint density at radius 1 is 0.698 bits per heavy atom. The van der Waals surface area contributed by atoms with Crippen molar-refractivity contribution in [2.24, 2.45) is 0 Å². The molecule has 8 heteroatoms. The fraction of sp³-hybridized carbons (Fsp3) is 0.914. The Labute approximate surface area is 260 Å². The molecule has 0 spiro atoms. The van der Waals surface area contributed by atoms with Crippen LogP contribution in [0.5, 0.6) is 0 Å². The summed E-state index contributed by atoms with van der Waals surface area (Å²) in [5.74, 6) is -0.309. The SMILES string of the molecule is CCCCCCCCCCC(O)C1CCC(C(O)CCC(O)C2CCC(CCCCC[C@@H](O)CC3=C[C@H](C)OC3=O)O2)O1. The van der Waals surface area contributed by atoms with Crippen LogP contribution in [0, 0.1) is 0 Å². The zero-order valence-electron chi connectivity index (χ0n) is 27.0. The Balaban J connectivity index is 1.19. The normalized spacial score (nSPS) is 28.6. The molecular formula is C35H62O8. The lowest BCUT2D eigenvalue weighted by Gasteiger charge is -2.24. The number of carbonyl (C=O) groups is 1. The van der Waals surface area contributed by atoms with Crippen LogP contribution in [0.3, 0.4) is 0 Å². The highest BCUT2D eigenvalue weighted by Crippen LogP contribution is 2.31. The Hall–Kier alpha value is -1.03. The van der Waals surface area contributed by atoms with Crippen molar-refractivity contribution in [3.63, 3.8) is 0 Å². The molecule has 4 N–H and O–H groups in total. The Kier molecular flexibility index (Phi) is 17.1. The molecule has 9 atom stereocenters. The van der Waals surface area contributed by atoms with Gasteiger partial charge in [0.15, 0.2) is 0 Å². The summed E-state index contributed by atoms with van der Waals surface area (Å²) in [6.07, 6.45) is 18.7. The fourth-order valence-electron chi connectivity index (χ4n) is 6.94. The molecule has 3 aliphatic heterocycles. The molecule has 250 valence electrons. The average molecular weight is 611 g/mol. The van der Waals surface area contributed by atoms with Crippen molar-refractivity contribution < 1.29 is 39.4 Å². The predicted octanol–water partition coefficient (Wildman–Crippen LogP) is 6.05. The number of esters is 1. The van der Waals surface area contributed by atoms with Crippen LogP contribution in [0.1, 0.15) is 149 Å². The van der Waals surface area contributed by atoms with E-state index in [2.05, 4.69) is 6.92 Å². The van der Waals surface area contributed by atoms with E-state index in [1.807, 2.05) is 6.92 Å². The number of ether oxygens (including phenoxy) is 3. The highest BCUT2D eigenvalue weighted by atomic mass is 16.5. The smallest absolute Gasteiger partial charge is 0.334 e. The van der Waals surface area contributed by atoms with Gasteiger partial charge in [0, 0.05) is 12.0 Å². The van der Waals surface area contributed by atoms with E-state index in [-0.39, 0.29) is 36.5 Å². The molecule has 0 bridgehead atoms. The van der Waals surface area contributed by atoms with Crippen LogP contribution in [0.15, 0.2) is 11.6 Å². The van der Waals surface area contributed by atoms with Crippen molar-refractivity contribution >= 4 is 5.97 Å². The van der Waals surface area contributed by atoms with E-state index in [1.165, 1.54) is 38.5 Å². The van der Waals surface area contributed by atoms with E-state index in [9.17, 15) is 25.2 Å². The van der Waals surface area contributed by atoms with Crippen molar-refractivity contribution in [1.29, 1.82) is 0 Å². The van der Waals surface area contributed by atoms with Crippen molar-refractivity contribution in [2.45, 2.75) is 204 Å². The number of hydrogen-bond donors (Lipinski definition) is 4. The van der Waals surface area contributed by atoms with Gasteiger partial charge in [0.25, 0.3) is 0 Å². The second-order valence-corrected chi connectivity index (χ2v) is 13.5. The van der Waals surface area contributed by atoms with Gasteiger partial charge < -0.3 is 34.6 Å². The van der Waals surface area contributed by atoms with E-state index in [1.54, 1.807) is 6.08 Å². The minimum atomic E-state index is -0.637. The number of aliphatic hydroxyl groups excluding tert-OH is 4. The highest BCUT2D eigenvalue weighted by molar-refractivity contribution is 5.90. The molecular weight excluding hydrogens is 548 g/mol. The minimum absolute atomic E-state index is 0.149. The molecule has 43 heavy (non-hydrogen) atoms. The highest BCUT2D eigenvalue weighted by Gasteiger charge is 2.36. The lowest BCUT2D eigenvalue weighted by Crippen LogP contribution is -2.33. The molecule has 0 aromatic rings. The molecule has 3 heterocycles. The van der Waals surface area contributed by atoms with E-state index in [0.29, 0.717) is 31.3 Å². The molecule has 0 saturated carbocycles.